The second-order valence-electron chi connectivity index (χ2n) is 6.82. The quantitative estimate of drug-likeness (QED) is 0.376. The Morgan fingerprint density at radius 1 is 0.968 bits per heavy atom. The molecule has 152 valence electrons. The maximum atomic E-state index is 13.1. The lowest BCUT2D eigenvalue weighted by atomic mass is 10.1. The number of nitrogens with zero attached hydrogens (tertiary/aromatic N) is 2. The molecule has 0 unspecified atom stereocenters. The first-order valence-corrected chi connectivity index (χ1v) is 11.1. The summed E-state index contributed by atoms with van der Waals surface area (Å²) in [5.41, 5.74) is 8.57. The Kier molecular flexibility index (Phi) is 4.22. The number of fused-ring (bicyclic) bond motifs is 3. The fourth-order valence-corrected chi connectivity index (χ4v) is 4.98. The molecule has 5 aromatic rings. The van der Waals surface area contributed by atoms with Gasteiger partial charge in [0.15, 0.2) is 11.5 Å². The molecule has 0 spiro atoms. The molecule has 2 aromatic carbocycles. The second-order valence-corrected chi connectivity index (χ2v) is 8.80. The molecule has 0 saturated carbocycles. The van der Waals surface area contributed by atoms with Crippen molar-refractivity contribution in [2.75, 3.05) is 12.2 Å². The SMILES string of the molecule is O=C(NNc1nc2cc3c(cc2s1)OCO3)c1cc(-c2cccs2)nc2ccccc12. The van der Waals surface area contributed by atoms with Crippen LogP contribution in [0.3, 0.4) is 0 Å². The maximum absolute atomic E-state index is 13.1. The van der Waals surface area contributed by atoms with E-state index in [2.05, 4.69) is 15.8 Å². The third-order valence-corrected chi connectivity index (χ3v) is 6.73. The molecule has 1 amide bonds. The molecule has 0 fully saturated rings. The number of hydrogen-bond acceptors (Lipinski definition) is 8. The van der Waals surface area contributed by atoms with Gasteiger partial charge in [-0.15, -0.1) is 11.3 Å². The zero-order valence-corrected chi connectivity index (χ0v) is 17.5. The van der Waals surface area contributed by atoms with Crippen LogP contribution < -0.4 is 20.3 Å². The molecule has 9 heteroatoms. The first-order valence-electron chi connectivity index (χ1n) is 9.45. The van der Waals surface area contributed by atoms with E-state index in [4.69, 9.17) is 14.5 Å². The lowest BCUT2D eigenvalue weighted by Crippen LogP contribution is -2.29. The summed E-state index contributed by atoms with van der Waals surface area (Å²) in [6, 6.07) is 17.1. The second kappa shape index (κ2) is 7.22. The van der Waals surface area contributed by atoms with E-state index in [1.54, 1.807) is 11.3 Å². The molecule has 0 radical (unpaired) electrons. The highest BCUT2D eigenvalue weighted by atomic mass is 32.1. The molecular formula is C22H14N4O3S2. The summed E-state index contributed by atoms with van der Waals surface area (Å²) in [5, 5.41) is 3.35. The van der Waals surface area contributed by atoms with Crippen molar-refractivity contribution in [1.82, 2.24) is 15.4 Å². The third kappa shape index (κ3) is 3.24. The molecule has 4 heterocycles. The number of para-hydroxylation sites is 1. The van der Waals surface area contributed by atoms with Crippen LogP contribution in [-0.2, 0) is 0 Å². The summed E-state index contributed by atoms with van der Waals surface area (Å²) in [6.45, 7) is 0.223. The van der Waals surface area contributed by atoms with Crippen molar-refractivity contribution in [3.05, 3.63) is 65.5 Å². The predicted molar refractivity (Wildman–Crippen MR) is 122 cm³/mol. The Bertz CT molecular complexity index is 1410. The minimum atomic E-state index is -0.259. The molecule has 0 aliphatic carbocycles. The van der Waals surface area contributed by atoms with Gasteiger partial charge in [-0.3, -0.25) is 15.6 Å². The Morgan fingerprint density at radius 2 is 1.84 bits per heavy atom. The molecular weight excluding hydrogens is 432 g/mol. The van der Waals surface area contributed by atoms with Crippen LogP contribution in [0.1, 0.15) is 10.4 Å². The van der Waals surface area contributed by atoms with Crippen molar-refractivity contribution < 1.29 is 14.3 Å². The standard InChI is InChI=1S/C22H14N4O3S2/c27-21(25-26-22-24-16-9-17-18(29-11-28-17)10-20(16)31-22)13-8-15(19-6-3-7-30-19)23-14-5-2-1-4-12(13)14/h1-10H,11H2,(H,24,26)(H,25,27). The van der Waals surface area contributed by atoms with Crippen molar-refractivity contribution in [2.45, 2.75) is 0 Å². The lowest BCUT2D eigenvalue weighted by Gasteiger charge is -2.10. The monoisotopic (exact) mass is 446 g/mol. The topological polar surface area (TPSA) is 85.4 Å². The minimum absolute atomic E-state index is 0.223. The molecule has 31 heavy (non-hydrogen) atoms. The van der Waals surface area contributed by atoms with E-state index in [0.29, 0.717) is 22.2 Å². The van der Waals surface area contributed by atoms with Gasteiger partial charge in [-0.2, -0.15) is 0 Å². The number of rotatable bonds is 4. The highest BCUT2D eigenvalue weighted by Crippen LogP contribution is 2.38. The number of anilines is 1. The predicted octanol–water partition coefficient (Wildman–Crippen LogP) is 5.06. The number of thiophene rings is 1. The van der Waals surface area contributed by atoms with Gasteiger partial charge in [-0.05, 0) is 23.6 Å². The summed E-state index contributed by atoms with van der Waals surface area (Å²) in [6.07, 6.45) is 0. The van der Waals surface area contributed by atoms with Gasteiger partial charge in [0.2, 0.25) is 11.9 Å². The Morgan fingerprint density at radius 3 is 2.71 bits per heavy atom. The van der Waals surface area contributed by atoms with Crippen LogP contribution in [0.15, 0.2) is 60.0 Å². The van der Waals surface area contributed by atoms with E-state index < -0.39 is 0 Å². The normalized spacial score (nSPS) is 12.4. The summed E-state index contributed by atoms with van der Waals surface area (Å²) in [4.78, 5) is 23.3. The highest BCUT2D eigenvalue weighted by Gasteiger charge is 2.18. The van der Waals surface area contributed by atoms with Crippen LogP contribution in [0.25, 0.3) is 31.7 Å². The number of benzene rings is 2. The van der Waals surface area contributed by atoms with Gasteiger partial charge >= 0.3 is 0 Å². The van der Waals surface area contributed by atoms with E-state index in [-0.39, 0.29) is 12.7 Å². The van der Waals surface area contributed by atoms with Crippen LogP contribution in [0.5, 0.6) is 11.5 Å². The molecule has 3 aromatic heterocycles. The van der Waals surface area contributed by atoms with Gasteiger partial charge in [0.05, 0.1) is 31.9 Å². The molecule has 7 nitrogen and oxygen atoms in total. The molecule has 0 bridgehead atoms. The number of thiazole rings is 1. The number of hydrogen-bond donors (Lipinski definition) is 2. The number of amides is 1. The van der Waals surface area contributed by atoms with Crippen molar-refractivity contribution in [2.24, 2.45) is 0 Å². The van der Waals surface area contributed by atoms with Crippen LogP contribution >= 0.6 is 22.7 Å². The van der Waals surface area contributed by atoms with Gasteiger partial charge in [-0.25, -0.2) is 9.97 Å². The highest BCUT2D eigenvalue weighted by molar-refractivity contribution is 7.22. The van der Waals surface area contributed by atoms with E-state index in [1.165, 1.54) is 11.3 Å². The Hall–Kier alpha value is -3.69. The third-order valence-electron chi connectivity index (χ3n) is 4.90. The van der Waals surface area contributed by atoms with Crippen LogP contribution in [0.4, 0.5) is 5.13 Å². The van der Waals surface area contributed by atoms with Gasteiger partial charge in [0.1, 0.15) is 0 Å². The van der Waals surface area contributed by atoms with Gasteiger partial charge in [0, 0.05) is 17.5 Å². The van der Waals surface area contributed by atoms with E-state index in [0.717, 1.165) is 31.7 Å². The average molecular weight is 447 g/mol. The van der Waals surface area contributed by atoms with Crippen molar-refractivity contribution in [3.8, 4) is 22.1 Å². The van der Waals surface area contributed by atoms with E-state index in [1.807, 2.05) is 60.0 Å². The first kappa shape index (κ1) is 18.1. The number of nitrogens with one attached hydrogen (secondary N) is 2. The average Bonchev–Trinajstić information content (AvgIpc) is 3.55. The van der Waals surface area contributed by atoms with E-state index >= 15 is 0 Å². The molecule has 1 aliphatic heterocycles. The summed E-state index contributed by atoms with van der Waals surface area (Å²) in [5.74, 6) is 1.12. The number of hydrazine groups is 1. The zero-order chi connectivity index (χ0) is 20.8. The Balaban J connectivity index is 1.30. The van der Waals surface area contributed by atoms with Crippen molar-refractivity contribution in [1.29, 1.82) is 0 Å². The van der Waals surface area contributed by atoms with Crippen LogP contribution in [0, 0.1) is 0 Å². The number of aromatic nitrogens is 2. The van der Waals surface area contributed by atoms with Gasteiger partial charge in [-0.1, -0.05) is 35.6 Å². The Labute approximate surface area is 184 Å². The zero-order valence-electron chi connectivity index (χ0n) is 15.9. The molecule has 6 rings (SSSR count). The first-order chi connectivity index (χ1) is 15.2. The molecule has 0 atom stereocenters. The number of pyridine rings is 1. The maximum Gasteiger partial charge on any atom is 0.270 e. The van der Waals surface area contributed by atoms with E-state index in [9.17, 15) is 4.79 Å². The summed E-state index contributed by atoms with van der Waals surface area (Å²) in [7, 11) is 0. The fourth-order valence-electron chi connectivity index (χ4n) is 3.46. The summed E-state index contributed by atoms with van der Waals surface area (Å²) >= 11 is 3.01. The fraction of sp³-hybridized carbons (Fsp3) is 0.0455. The smallest absolute Gasteiger partial charge is 0.270 e. The van der Waals surface area contributed by atoms with Crippen molar-refractivity contribution in [3.63, 3.8) is 0 Å². The number of carbonyl (C=O) groups is 1. The largest absolute Gasteiger partial charge is 0.454 e. The van der Waals surface area contributed by atoms with Crippen LogP contribution in [-0.4, -0.2) is 22.7 Å². The summed E-state index contributed by atoms with van der Waals surface area (Å²) < 4.78 is 11.8. The molecule has 2 N–H and O–H groups in total. The minimum Gasteiger partial charge on any atom is -0.454 e. The number of ether oxygens (including phenoxy) is 2. The van der Waals surface area contributed by atoms with Gasteiger partial charge < -0.3 is 9.47 Å². The van der Waals surface area contributed by atoms with Crippen molar-refractivity contribution >= 4 is 54.8 Å². The lowest BCUT2D eigenvalue weighted by molar-refractivity contribution is 0.0964. The van der Waals surface area contributed by atoms with Crippen LogP contribution in [0.2, 0.25) is 0 Å². The number of carbonyl (C=O) groups excluding carboxylic acids is 1. The molecule has 0 saturated heterocycles. The van der Waals surface area contributed by atoms with Gasteiger partial charge in [0.25, 0.3) is 5.91 Å². The molecule has 1 aliphatic rings.